The number of phenolic OH excluding ortho intramolecular Hbond substituents is 1. The smallest absolute Gasteiger partial charge is 1.00 e. The Morgan fingerprint density at radius 1 is 1.47 bits per heavy atom. The van der Waals surface area contributed by atoms with Gasteiger partial charge in [-0.3, -0.25) is 0 Å². The molecule has 2 N–H and O–H groups in total. The van der Waals surface area contributed by atoms with Crippen LogP contribution in [0.3, 0.4) is 0 Å². The molecule has 0 aliphatic carbocycles. The Kier molecular flexibility index (Phi) is 7.33. The molecular formula is C10H14BaO4. The quantitative estimate of drug-likeness (QED) is 0.802. The first-order valence-corrected chi connectivity index (χ1v) is 4.17. The Morgan fingerprint density at radius 2 is 2.00 bits per heavy atom. The Morgan fingerprint density at radius 3 is 2.40 bits per heavy atom. The molecule has 0 spiro atoms. The van der Waals surface area contributed by atoms with Gasteiger partial charge in [-0.25, -0.2) is 4.79 Å². The minimum Gasteiger partial charge on any atom is -1.00 e. The third-order valence-electron chi connectivity index (χ3n) is 1.92. The summed E-state index contributed by atoms with van der Waals surface area (Å²) >= 11 is 0. The van der Waals surface area contributed by atoms with Crippen LogP contribution < -0.4 is 0 Å². The second-order valence-corrected chi connectivity index (χ2v) is 2.93. The van der Waals surface area contributed by atoms with E-state index in [0.717, 1.165) is 5.56 Å². The fourth-order valence-electron chi connectivity index (χ4n) is 1.12. The van der Waals surface area contributed by atoms with Crippen molar-refractivity contribution in [3.63, 3.8) is 0 Å². The molecule has 0 heterocycles. The summed E-state index contributed by atoms with van der Waals surface area (Å²) in [4.78, 5) is 10.6. The van der Waals surface area contributed by atoms with Crippen LogP contribution in [0.5, 0.6) is 5.75 Å². The first-order chi connectivity index (χ1) is 6.63. The van der Waals surface area contributed by atoms with E-state index in [4.69, 9.17) is 14.9 Å². The van der Waals surface area contributed by atoms with Gasteiger partial charge in [0.15, 0.2) is 6.10 Å². The number of aromatic hydroxyl groups is 1. The van der Waals surface area contributed by atoms with Gasteiger partial charge in [0.1, 0.15) is 5.75 Å². The second kappa shape index (κ2) is 7.32. The summed E-state index contributed by atoms with van der Waals surface area (Å²) in [5.74, 6) is -0.821. The van der Waals surface area contributed by atoms with E-state index in [-0.39, 0.29) is 57.5 Å². The number of carboxylic acids is 1. The average molecular weight is 336 g/mol. The molecule has 4 nitrogen and oxygen atoms in total. The van der Waals surface area contributed by atoms with E-state index < -0.39 is 12.1 Å². The average Bonchev–Trinajstić information content (AvgIpc) is 2.16. The van der Waals surface area contributed by atoms with Crippen LogP contribution in [0.15, 0.2) is 24.3 Å². The van der Waals surface area contributed by atoms with Crippen molar-refractivity contribution in [2.45, 2.75) is 12.5 Å². The van der Waals surface area contributed by atoms with Crippen LogP contribution in [-0.4, -0.2) is 78.3 Å². The van der Waals surface area contributed by atoms with Gasteiger partial charge in [0.2, 0.25) is 0 Å². The molecule has 0 fully saturated rings. The van der Waals surface area contributed by atoms with Crippen molar-refractivity contribution in [2.24, 2.45) is 0 Å². The third kappa shape index (κ3) is 5.05. The van der Waals surface area contributed by atoms with Crippen LogP contribution >= 0.6 is 0 Å². The van der Waals surface area contributed by atoms with Crippen molar-refractivity contribution in [2.75, 3.05) is 7.11 Å². The van der Waals surface area contributed by atoms with E-state index in [1.807, 2.05) is 0 Å². The van der Waals surface area contributed by atoms with Crippen molar-refractivity contribution in [3.05, 3.63) is 29.8 Å². The van der Waals surface area contributed by atoms with Gasteiger partial charge in [-0.2, -0.15) is 0 Å². The molecule has 80 valence electrons. The van der Waals surface area contributed by atoms with Crippen molar-refractivity contribution < 1.29 is 22.6 Å². The molecule has 1 unspecified atom stereocenters. The van der Waals surface area contributed by atoms with Gasteiger partial charge >= 0.3 is 54.9 Å². The van der Waals surface area contributed by atoms with Gasteiger partial charge in [0.05, 0.1) is 0 Å². The number of ether oxygens (including phenoxy) is 1. The molecule has 15 heavy (non-hydrogen) atoms. The van der Waals surface area contributed by atoms with E-state index in [1.165, 1.54) is 19.2 Å². The van der Waals surface area contributed by atoms with Gasteiger partial charge in [0, 0.05) is 13.5 Å². The van der Waals surface area contributed by atoms with Crippen LogP contribution in [0.2, 0.25) is 0 Å². The van der Waals surface area contributed by atoms with Gasteiger partial charge < -0.3 is 17.8 Å². The van der Waals surface area contributed by atoms with Crippen LogP contribution in [0.1, 0.15) is 8.42 Å². The molecular weight excluding hydrogens is 321 g/mol. The Labute approximate surface area is 131 Å². The maximum absolute atomic E-state index is 10.6. The van der Waals surface area contributed by atoms with Crippen molar-refractivity contribution in [1.29, 1.82) is 0 Å². The zero-order valence-corrected chi connectivity index (χ0v) is 13.0. The minimum absolute atomic E-state index is 0. The number of hydrogen-bond donors (Lipinski definition) is 2. The molecule has 0 saturated heterocycles. The summed E-state index contributed by atoms with van der Waals surface area (Å²) in [6.45, 7) is 0. The van der Waals surface area contributed by atoms with E-state index in [2.05, 4.69) is 0 Å². The standard InChI is InChI=1S/C10H12O4.Ba.2H/c1-14-9(10(12)13)6-7-2-4-8(11)5-3-7;;;/h2-5,9,11H,6H2,1H3,(H,12,13);;;/q;+2;2*-1. The molecule has 1 aromatic carbocycles. The largest absolute Gasteiger partial charge is 2.00 e. The maximum atomic E-state index is 10.6. The van der Waals surface area contributed by atoms with Crippen LogP contribution in [-0.2, 0) is 16.0 Å². The van der Waals surface area contributed by atoms with E-state index in [0.29, 0.717) is 6.42 Å². The first-order valence-electron chi connectivity index (χ1n) is 4.17. The fraction of sp³-hybridized carbons (Fsp3) is 0.300. The normalized spacial score (nSPS) is 11.5. The van der Waals surface area contributed by atoms with Crippen molar-refractivity contribution in [1.82, 2.24) is 0 Å². The summed E-state index contributed by atoms with van der Waals surface area (Å²) in [6.07, 6.45) is -0.536. The van der Waals surface area contributed by atoms with Crippen molar-refractivity contribution >= 4 is 54.9 Å². The monoisotopic (exact) mass is 336 g/mol. The Hall–Kier alpha value is 0.0214. The van der Waals surface area contributed by atoms with E-state index in [1.54, 1.807) is 12.1 Å². The van der Waals surface area contributed by atoms with Crippen LogP contribution in [0.25, 0.3) is 0 Å². The molecule has 0 amide bonds. The zero-order valence-electron chi connectivity index (χ0n) is 10.5. The van der Waals surface area contributed by atoms with Crippen LogP contribution in [0, 0.1) is 0 Å². The molecule has 1 atom stereocenters. The fourth-order valence-corrected chi connectivity index (χ4v) is 1.12. The van der Waals surface area contributed by atoms with Gasteiger partial charge in [-0.1, -0.05) is 12.1 Å². The van der Waals surface area contributed by atoms with Gasteiger partial charge in [0.25, 0.3) is 0 Å². The number of carbonyl (C=O) groups is 1. The third-order valence-corrected chi connectivity index (χ3v) is 1.92. The summed E-state index contributed by atoms with van der Waals surface area (Å²) in [5, 5.41) is 17.7. The van der Waals surface area contributed by atoms with Gasteiger partial charge in [-0.15, -0.1) is 0 Å². The number of rotatable bonds is 4. The maximum Gasteiger partial charge on any atom is 2.00 e. The first kappa shape index (κ1) is 15.0. The molecule has 0 radical (unpaired) electrons. The number of methoxy groups -OCH3 is 1. The Bertz CT molecular complexity index is 319. The second-order valence-electron chi connectivity index (χ2n) is 2.93. The predicted molar refractivity (Wildman–Crippen MR) is 58.2 cm³/mol. The number of carboxylic acid groups (broad SMARTS) is 1. The summed E-state index contributed by atoms with van der Waals surface area (Å²) in [5.41, 5.74) is 0.817. The molecule has 0 aliphatic rings. The summed E-state index contributed by atoms with van der Waals surface area (Å²) < 4.78 is 4.78. The molecule has 0 saturated carbocycles. The number of aliphatic carboxylic acids is 1. The Balaban J connectivity index is -0.000000653. The number of phenols is 1. The topological polar surface area (TPSA) is 66.8 Å². The molecule has 1 aromatic rings. The molecule has 0 aromatic heterocycles. The van der Waals surface area contributed by atoms with Crippen LogP contribution in [0.4, 0.5) is 0 Å². The van der Waals surface area contributed by atoms with Crippen molar-refractivity contribution in [3.8, 4) is 5.75 Å². The molecule has 1 rings (SSSR count). The summed E-state index contributed by atoms with van der Waals surface area (Å²) in [6, 6.07) is 6.38. The zero-order chi connectivity index (χ0) is 10.6. The molecule has 0 aliphatic heterocycles. The SMILES string of the molecule is COC(Cc1ccc(O)cc1)C(=O)O.[Ba+2].[H-].[H-]. The van der Waals surface area contributed by atoms with Gasteiger partial charge in [-0.05, 0) is 17.7 Å². The summed E-state index contributed by atoms with van der Waals surface area (Å²) in [7, 11) is 1.36. The molecule has 5 heteroatoms. The predicted octanol–water partition coefficient (Wildman–Crippen LogP) is 0.879. The van der Waals surface area contributed by atoms with E-state index in [9.17, 15) is 4.79 Å². The molecule has 0 bridgehead atoms. The minimum atomic E-state index is -0.986. The number of hydrogen-bond acceptors (Lipinski definition) is 3. The number of benzene rings is 1. The van der Waals surface area contributed by atoms with E-state index >= 15 is 0 Å².